The first-order chi connectivity index (χ1) is 13.9. The van der Waals surface area contributed by atoms with Crippen molar-refractivity contribution in [2.45, 2.75) is 6.42 Å². The number of carbonyl (C=O) groups excluding carboxylic acids is 1. The maximum Gasteiger partial charge on any atom is 0.335 e. The van der Waals surface area contributed by atoms with E-state index in [-0.39, 0.29) is 23.1 Å². The van der Waals surface area contributed by atoms with Gasteiger partial charge in [0, 0.05) is 17.8 Å². The number of phenolic OH excluding ortho intramolecular Hbond substituents is 3. The van der Waals surface area contributed by atoms with E-state index in [1.807, 2.05) is 4.98 Å². The number of aromatic hydroxyl groups is 3. The number of carboxylic acid groups (broad SMARTS) is 2. The van der Waals surface area contributed by atoms with Crippen LogP contribution in [0.15, 0.2) is 46.1 Å². The zero-order valence-electron chi connectivity index (χ0n) is 15.4. The third-order valence-corrected chi connectivity index (χ3v) is 2.84. The van der Waals surface area contributed by atoms with Crippen LogP contribution in [0.4, 0.5) is 0 Å². The van der Waals surface area contributed by atoms with Gasteiger partial charge in [-0.3, -0.25) is 14.6 Å². The van der Waals surface area contributed by atoms with Crippen LogP contribution in [-0.4, -0.2) is 60.5 Å². The molecule has 1 heterocycles. The van der Waals surface area contributed by atoms with Crippen LogP contribution in [0.3, 0.4) is 0 Å². The van der Waals surface area contributed by atoms with E-state index in [4.69, 9.17) is 25.5 Å². The molecular weight excluding hydrogens is 408 g/mol. The highest BCUT2D eigenvalue weighted by Gasteiger charge is 2.11. The fourth-order valence-electron chi connectivity index (χ4n) is 1.51. The third-order valence-electron chi connectivity index (χ3n) is 2.84. The molecular formula is C17H18N2O11. The van der Waals surface area contributed by atoms with Gasteiger partial charge in [-0.05, 0) is 12.1 Å². The number of aliphatic carboxylic acids is 1. The van der Waals surface area contributed by atoms with Gasteiger partial charge >= 0.3 is 23.6 Å². The molecule has 162 valence electrons. The Morgan fingerprint density at radius 1 is 1.07 bits per heavy atom. The van der Waals surface area contributed by atoms with Crippen molar-refractivity contribution < 1.29 is 44.7 Å². The highest BCUT2D eigenvalue weighted by molar-refractivity contribution is 5.92. The zero-order chi connectivity index (χ0) is 23.4. The summed E-state index contributed by atoms with van der Waals surface area (Å²) in [6.07, 6.45) is 0.924. The van der Waals surface area contributed by atoms with Crippen molar-refractivity contribution >= 4 is 17.9 Å². The van der Waals surface area contributed by atoms with Crippen LogP contribution in [0.5, 0.6) is 17.2 Å². The predicted molar refractivity (Wildman–Crippen MR) is 99.5 cm³/mol. The molecule has 2 aromatic rings. The second-order valence-electron chi connectivity index (χ2n) is 5.13. The van der Waals surface area contributed by atoms with Crippen LogP contribution >= 0.6 is 0 Å². The van der Waals surface area contributed by atoms with Crippen molar-refractivity contribution in [3.05, 3.63) is 62.9 Å². The van der Waals surface area contributed by atoms with Crippen molar-refractivity contribution in [1.29, 1.82) is 0 Å². The first-order valence-electron chi connectivity index (χ1n) is 7.63. The fraction of sp³-hybridized carbons (Fsp3) is 0.118. The Morgan fingerprint density at radius 2 is 1.60 bits per heavy atom. The summed E-state index contributed by atoms with van der Waals surface area (Å²) in [5.41, 5.74) is -1.19. The van der Waals surface area contributed by atoms with Gasteiger partial charge in [-0.2, -0.15) is 0 Å². The van der Waals surface area contributed by atoms with E-state index < -0.39 is 40.8 Å². The van der Waals surface area contributed by atoms with Gasteiger partial charge in [0.15, 0.2) is 17.2 Å². The zero-order valence-corrected chi connectivity index (χ0v) is 15.4. The average molecular weight is 426 g/mol. The quantitative estimate of drug-likeness (QED) is 0.191. The SMILES string of the molecule is C=C(CC(=O)O)C(=O)OC.O=C(O)c1cc(O)c(O)c(O)c1.O=c1cc[nH]c(=O)[nH]1. The highest BCUT2D eigenvalue weighted by Crippen LogP contribution is 2.35. The van der Waals surface area contributed by atoms with E-state index in [0.717, 1.165) is 12.1 Å². The molecule has 0 bridgehead atoms. The number of carbonyl (C=O) groups is 3. The maximum absolute atomic E-state index is 10.5. The van der Waals surface area contributed by atoms with Gasteiger partial charge < -0.3 is 35.3 Å². The van der Waals surface area contributed by atoms with Gasteiger partial charge in [0.25, 0.3) is 5.56 Å². The number of aromatic nitrogens is 2. The van der Waals surface area contributed by atoms with Crippen molar-refractivity contribution in [1.82, 2.24) is 9.97 Å². The molecule has 30 heavy (non-hydrogen) atoms. The minimum Gasteiger partial charge on any atom is -0.504 e. The lowest BCUT2D eigenvalue weighted by Gasteiger charge is -2.01. The van der Waals surface area contributed by atoms with Crippen LogP contribution < -0.4 is 11.2 Å². The van der Waals surface area contributed by atoms with Gasteiger partial charge in [-0.15, -0.1) is 0 Å². The molecule has 0 aliphatic carbocycles. The Hall–Kier alpha value is -4.55. The number of hydrogen-bond acceptors (Lipinski definition) is 9. The molecule has 0 unspecified atom stereocenters. The van der Waals surface area contributed by atoms with Crippen molar-refractivity contribution in [2.75, 3.05) is 7.11 Å². The Morgan fingerprint density at radius 3 is 1.93 bits per heavy atom. The average Bonchev–Trinajstić information content (AvgIpc) is 2.65. The highest BCUT2D eigenvalue weighted by atomic mass is 16.5. The smallest absolute Gasteiger partial charge is 0.335 e. The Kier molecular flexibility index (Phi) is 10.2. The predicted octanol–water partition coefficient (Wildman–Crippen LogP) is -0.245. The van der Waals surface area contributed by atoms with E-state index >= 15 is 0 Å². The van der Waals surface area contributed by atoms with Crippen LogP contribution in [0.1, 0.15) is 16.8 Å². The standard InChI is InChI=1S/C7H6O5.C6H8O4.C4H4N2O2/c8-4-1-3(7(11)12)2-5(9)6(4)10;1-4(3-5(7)8)6(9)10-2;7-3-1-2-5-4(8)6-3/h1-2,8-10H,(H,11,12);1,3H2,2H3,(H,7,8);1-2H,(H2,5,6,7,8). The maximum atomic E-state index is 10.5. The summed E-state index contributed by atoms with van der Waals surface area (Å²) in [6, 6.07) is 2.93. The topological polar surface area (TPSA) is 227 Å². The van der Waals surface area contributed by atoms with Crippen LogP contribution in [0, 0.1) is 0 Å². The lowest BCUT2D eigenvalue weighted by molar-refractivity contribution is -0.141. The molecule has 13 nitrogen and oxygen atoms in total. The molecule has 0 amide bonds. The normalized spacial score (nSPS) is 9.10. The summed E-state index contributed by atoms with van der Waals surface area (Å²) in [5, 5.41) is 43.1. The molecule has 0 atom stereocenters. The van der Waals surface area contributed by atoms with E-state index in [9.17, 15) is 24.0 Å². The molecule has 7 N–H and O–H groups in total. The monoisotopic (exact) mass is 426 g/mol. The number of rotatable bonds is 4. The van der Waals surface area contributed by atoms with E-state index in [1.165, 1.54) is 19.4 Å². The molecule has 0 fully saturated rings. The Balaban J connectivity index is 0.000000429. The number of H-pyrrole nitrogens is 2. The summed E-state index contributed by atoms with van der Waals surface area (Å²) >= 11 is 0. The second-order valence-corrected chi connectivity index (χ2v) is 5.13. The number of methoxy groups -OCH3 is 1. The molecule has 0 aliphatic heterocycles. The van der Waals surface area contributed by atoms with Gasteiger partial charge in [-0.1, -0.05) is 6.58 Å². The summed E-state index contributed by atoms with van der Waals surface area (Å²) in [7, 11) is 1.18. The van der Waals surface area contributed by atoms with Gasteiger partial charge in [0.1, 0.15) is 0 Å². The minimum atomic E-state index is -1.29. The van der Waals surface area contributed by atoms with E-state index in [1.54, 1.807) is 0 Å². The summed E-state index contributed by atoms with van der Waals surface area (Å²) in [4.78, 5) is 55.4. The Labute approximate surface area is 167 Å². The number of esters is 1. The van der Waals surface area contributed by atoms with Crippen molar-refractivity contribution in [2.24, 2.45) is 0 Å². The first-order valence-corrected chi connectivity index (χ1v) is 7.63. The minimum absolute atomic E-state index is 0.0463. The van der Waals surface area contributed by atoms with E-state index in [0.29, 0.717) is 0 Å². The molecule has 0 saturated heterocycles. The summed E-state index contributed by atoms with van der Waals surface area (Å²) in [5.74, 6) is -5.10. The van der Waals surface area contributed by atoms with Gasteiger partial charge in [0.05, 0.1) is 19.1 Å². The lowest BCUT2D eigenvalue weighted by atomic mass is 10.2. The van der Waals surface area contributed by atoms with Gasteiger partial charge in [-0.25, -0.2) is 14.4 Å². The van der Waals surface area contributed by atoms with Crippen LogP contribution in [0.2, 0.25) is 0 Å². The number of ether oxygens (including phenoxy) is 1. The number of carboxylic acids is 2. The van der Waals surface area contributed by atoms with Gasteiger partial charge in [0.2, 0.25) is 0 Å². The molecule has 0 saturated carbocycles. The lowest BCUT2D eigenvalue weighted by Crippen LogP contribution is -2.19. The van der Waals surface area contributed by atoms with Crippen LogP contribution in [0.25, 0.3) is 0 Å². The Bertz CT molecular complexity index is 988. The molecule has 2 rings (SSSR count). The molecule has 0 aliphatic rings. The molecule has 13 heteroatoms. The molecule has 0 spiro atoms. The first kappa shape index (κ1) is 25.4. The van der Waals surface area contributed by atoms with Crippen molar-refractivity contribution in [3.8, 4) is 17.2 Å². The summed E-state index contributed by atoms with van der Waals surface area (Å²) < 4.78 is 4.21. The fourth-order valence-corrected chi connectivity index (χ4v) is 1.51. The number of benzene rings is 1. The molecule has 0 radical (unpaired) electrons. The molecule has 1 aromatic carbocycles. The number of aromatic carboxylic acids is 1. The van der Waals surface area contributed by atoms with Crippen molar-refractivity contribution in [3.63, 3.8) is 0 Å². The largest absolute Gasteiger partial charge is 0.504 e. The number of nitrogens with one attached hydrogen (secondary N) is 2. The second kappa shape index (κ2) is 12.0. The summed E-state index contributed by atoms with van der Waals surface area (Å²) in [6.45, 7) is 3.21. The number of hydrogen-bond donors (Lipinski definition) is 7. The number of aromatic amines is 2. The van der Waals surface area contributed by atoms with E-state index in [2.05, 4.69) is 16.3 Å². The van der Waals surface area contributed by atoms with Crippen LogP contribution in [-0.2, 0) is 14.3 Å². The molecule has 1 aromatic heterocycles. The third kappa shape index (κ3) is 9.40. The number of phenols is 3.